The minimum absolute atomic E-state index is 0.0332. The van der Waals surface area contributed by atoms with E-state index in [4.69, 9.17) is 4.55 Å². The Kier molecular flexibility index (Phi) is 6.28. The van der Waals surface area contributed by atoms with Gasteiger partial charge < -0.3 is 5.11 Å². The summed E-state index contributed by atoms with van der Waals surface area (Å²) in [6.45, 7) is 5.29. The Morgan fingerprint density at radius 1 is 1.22 bits per heavy atom. The van der Waals surface area contributed by atoms with Crippen molar-refractivity contribution in [1.82, 2.24) is 0 Å². The van der Waals surface area contributed by atoms with Crippen LogP contribution < -0.4 is 4.90 Å². The number of hydrogen-bond donors (Lipinski definition) is 2. The lowest BCUT2D eigenvalue weighted by molar-refractivity contribution is -0.139. The summed E-state index contributed by atoms with van der Waals surface area (Å²) in [5.74, 6) is -3.11. The van der Waals surface area contributed by atoms with Crippen molar-refractivity contribution in [3.05, 3.63) is 29.8 Å². The molecule has 0 aliphatic rings. The number of hydrogen-bond acceptors (Lipinski definition) is 4. The van der Waals surface area contributed by atoms with Crippen molar-refractivity contribution >= 4 is 27.7 Å². The molecule has 1 aromatic carbocycles. The summed E-state index contributed by atoms with van der Waals surface area (Å²) < 4.78 is 31.4. The molecule has 0 bridgehead atoms. The standard InChI is InChI=1S/C15H21NO6S/c1-10(2)8-14(17)16(12-7-5-4-6-11(12)3)13(15(18)19)9-23(20,21)22/h4-7,10,13H,8-9H2,1-3H3,(H,18,19)(H,20,21,22)/t13-/m0/s1. The highest BCUT2D eigenvalue weighted by molar-refractivity contribution is 7.85. The Balaban J connectivity index is 3.39. The number of nitrogens with zero attached hydrogens (tertiary/aromatic N) is 1. The number of carbonyl (C=O) groups is 2. The molecule has 0 radical (unpaired) electrons. The zero-order valence-corrected chi connectivity index (χ0v) is 14.1. The number of carboxylic acid groups (broad SMARTS) is 1. The lowest BCUT2D eigenvalue weighted by atomic mass is 10.1. The van der Waals surface area contributed by atoms with Crippen molar-refractivity contribution in [3.8, 4) is 0 Å². The van der Waals surface area contributed by atoms with E-state index in [2.05, 4.69) is 0 Å². The molecular formula is C15H21NO6S. The van der Waals surface area contributed by atoms with Gasteiger partial charge in [-0.2, -0.15) is 8.42 Å². The van der Waals surface area contributed by atoms with Crippen LogP contribution in [0.1, 0.15) is 25.8 Å². The quantitative estimate of drug-likeness (QED) is 0.729. The molecule has 1 aromatic rings. The fraction of sp³-hybridized carbons (Fsp3) is 0.467. The maximum absolute atomic E-state index is 12.5. The van der Waals surface area contributed by atoms with Crippen LogP contribution >= 0.6 is 0 Å². The van der Waals surface area contributed by atoms with Crippen LogP contribution in [0.25, 0.3) is 0 Å². The third-order valence-electron chi connectivity index (χ3n) is 3.19. The van der Waals surface area contributed by atoms with E-state index in [1.54, 1.807) is 45.0 Å². The van der Waals surface area contributed by atoms with Crippen molar-refractivity contribution in [2.24, 2.45) is 5.92 Å². The van der Waals surface area contributed by atoms with Gasteiger partial charge in [-0.15, -0.1) is 0 Å². The minimum Gasteiger partial charge on any atom is -0.480 e. The molecule has 0 unspecified atom stereocenters. The molecule has 128 valence electrons. The minimum atomic E-state index is -4.57. The summed E-state index contributed by atoms with van der Waals surface area (Å²) in [6.07, 6.45) is 0.0591. The van der Waals surface area contributed by atoms with E-state index in [0.717, 1.165) is 4.90 Å². The van der Waals surface area contributed by atoms with E-state index in [9.17, 15) is 23.1 Å². The fourth-order valence-corrected chi connectivity index (χ4v) is 2.90. The number of rotatable bonds is 7. The molecule has 0 aliphatic carbocycles. The topological polar surface area (TPSA) is 112 Å². The Hall–Kier alpha value is -1.93. The van der Waals surface area contributed by atoms with Crippen LogP contribution in [0.2, 0.25) is 0 Å². The molecule has 0 saturated carbocycles. The second-order valence-electron chi connectivity index (χ2n) is 5.75. The third-order valence-corrected chi connectivity index (χ3v) is 3.93. The fourth-order valence-electron chi connectivity index (χ4n) is 2.21. The predicted octanol–water partition coefficient (Wildman–Crippen LogP) is 1.72. The Morgan fingerprint density at radius 2 is 1.78 bits per heavy atom. The van der Waals surface area contributed by atoms with Crippen LogP contribution in [-0.4, -0.2) is 41.7 Å². The summed E-state index contributed by atoms with van der Waals surface area (Å²) in [5, 5.41) is 9.37. The van der Waals surface area contributed by atoms with Crippen LogP contribution in [0.5, 0.6) is 0 Å². The van der Waals surface area contributed by atoms with E-state index >= 15 is 0 Å². The lowest BCUT2D eigenvalue weighted by Gasteiger charge is -2.30. The molecule has 0 spiro atoms. The van der Waals surface area contributed by atoms with E-state index in [1.165, 1.54) is 0 Å². The van der Waals surface area contributed by atoms with Crippen molar-refractivity contribution in [2.75, 3.05) is 10.7 Å². The first-order chi connectivity index (χ1) is 10.5. The van der Waals surface area contributed by atoms with Gasteiger partial charge in [0.1, 0.15) is 5.75 Å². The van der Waals surface area contributed by atoms with Crippen LogP contribution in [0.4, 0.5) is 5.69 Å². The van der Waals surface area contributed by atoms with Crippen molar-refractivity contribution in [1.29, 1.82) is 0 Å². The molecule has 7 nitrogen and oxygen atoms in total. The van der Waals surface area contributed by atoms with E-state index in [0.29, 0.717) is 11.3 Å². The third kappa shape index (κ3) is 5.65. The summed E-state index contributed by atoms with van der Waals surface area (Å²) >= 11 is 0. The first-order valence-electron chi connectivity index (χ1n) is 7.08. The van der Waals surface area contributed by atoms with Gasteiger partial charge in [0.15, 0.2) is 6.04 Å². The predicted molar refractivity (Wildman–Crippen MR) is 86.0 cm³/mol. The summed E-state index contributed by atoms with van der Waals surface area (Å²) in [5.41, 5.74) is 0.945. The van der Waals surface area contributed by atoms with Gasteiger partial charge in [0.05, 0.1) is 0 Å². The molecule has 1 atom stereocenters. The molecule has 2 N–H and O–H groups in total. The molecule has 23 heavy (non-hydrogen) atoms. The highest BCUT2D eigenvalue weighted by Crippen LogP contribution is 2.24. The Morgan fingerprint density at radius 3 is 2.22 bits per heavy atom. The van der Waals surface area contributed by atoms with Crippen molar-refractivity contribution < 1.29 is 27.7 Å². The molecule has 0 saturated heterocycles. The van der Waals surface area contributed by atoms with Gasteiger partial charge in [0.2, 0.25) is 5.91 Å². The Labute approximate surface area is 135 Å². The number of aryl methyl sites for hydroxylation is 1. The SMILES string of the molecule is Cc1ccccc1N(C(=O)CC(C)C)[C@@H](CS(=O)(=O)O)C(=O)O. The number of anilines is 1. The molecule has 0 aromatic heterocycles. The van der Waals surface area contributed by atoms with E-state index in [1.807, 2.05) is 0 Å². The highest BCUT2D eigenvalue weighted by atomic mass is 32.2. The number of para-hydroxylation sites is 1. The average molecular weight is 343 g/mol. The van der Waals surface area contributed by atoms with Crippen molar-refractivity contribution in [3.63, 3.8) is 0 Å². The molecular weight excluding hydrogens is 322 g/mol. The van der Waals surface area contributed by atoms with Crippen LogP contribution in [0.3, 0.4) is 0 Å². The number of benzene rings is 1. The molecule has 0 fully saturated rings. The summed E-state index contributed by atoms with van der Waals surface area (Å²) in [7, 11) is -4.57. The molecule has 1 rings (SSSR count). The highest BCUT2D eigenvalue weighted by Gasteiger charge is 2.35. The first kappa shape index (κ1) is 19.1. The van der Waals surface area contributed by atoms with Gasteiger partial charge in [-0.1, -0.05) is 32.0 Å². The van der Waals surface area contributed by atoms with E-state index in [-0.39, 0.29) is 12.3 Å². The monoisotopic (exact) mass is 343 g/mol. The maximum atomic E-state index is 12.5. The van der Waals surface area contributed by atoms with Gasteiger partial charge in [0, 0.05) is 12.1 Å². The molecule has 0 heterocycles. The van der Waals surface area contributed by atoms with Gasteiger partial charge in [-0.25, -0.2) is 4.79 Å². The van der Waals surface area contributed by atoms with Crippen molar-refractivity contribution in [2.45, 2.75) is 33.2 Å². The van der Waals surface area contributed by atoms with Gasteiger partial charge in [-0.05, 0) is 24.5 Å². The molecule has 1 amide bonds. The normalized spacial score (nSPS) is 12.9. The van der Waals surface area contributed by atoms with E-state index < -0.39 is 33.8 Å². The lowest BCUT2D eigenvalue weighted by Crippen LogP contribution is -2.49. The average Bonchev–Trinajstić information content (AvgIpc) is 2.37. The second-order valence-corrected chi connectivity index (χ2v) is 7.25. The van der Waals surface area contributed by atoms with Crippen LogP contribution in [0, 0.1) is 12.8 Å². The Bertz CT molecular complexity index is 683. The maximum Gasteiger partial charge on any atom is 0.327 e. The smallest absolute Gasteiger partial charge is 0.327 e. The van der Waals surface area contributed by atoms with Crippen LogP contribution in [-0.2, 0) is 19.7 Å². The summed E-state index contributed by atoms with van der Waals surface area (Å²) in [4.78, 5) is 25.0. The second kappa shape index (κ2) is 7.56. The largest absolute Gasteiger partial charge is 0.480 e. The molecule has 0 aliphatic heterocycles. The zero-order chi connectivity index (χ0) is 17.8. The number of aliphatic carboxylic acids is 1. The van der Waals surface area contributed by atoms with Gasteiger partial charge in [-0.3, -0.25) is 14.2 Å². The number of amides is 1. The van der Waals surface area contributed by atoms with Gasteiger partial charge in [0.25, 0.3) is 10.1 Å². The number of carbonyl (C=O) groups excluding carboxylic acids is 1. The van der Waals surface area contributed by atoms with Crippen LogP contribution in [0.15, 0.2) is 24.3 Å². The zero-order valence-electron chi connectivity index (χ0n) is 13.3. The van der Waals surface area contributed by atoms with Gasteiger partial charge >= 0.3 is 5.97 Å². The molecule has 8 heteroatoms. The summed E-state index contributed by atoms with van der Waals surface area (Å²) in [6, 6.07) is 4.90. The first-order valence-corrected chi connectivity index (χ1v) is 8.69. The number of carboxylic acids is 1.